The summed E-state index contributed by atoms with van der Waals surface area (Å²) in [5.41, 5.74) is 1.81. The van der Waals surface area contributed by atoms with Crippen molar-refractivity contribution in [2.75, 3.05) is 13.2 Å². The third-order valence-electron chi connectivity index (χ3n) is 3.74. The summed E-state index contributed by atoms with van der Waals surface area (Å²) in [6.45, 7) is 1.23. The number of nitrogens with one attached hydrogen (secondary N) is 1. The monoisotopic (exact) mass is 375 g/mol. The molecule has 0 spiro atoms. The summed E-state index contributed by atoms with van der Waals surface area (Å²) in [6, 6.07) is 16.9. The summed E-state index contributed by atoms with van der Waals surface area (Å²) in [4.78, 5) is 20.1. The molecule has 2 aromatic heterocycles. The minimum absolute atomic E-state index is 0.171. The molecule has 3 aromatic rings. The van der Waals surface area contributed by atoms with Crippen LogP contribution < -0.4 is 14.8 Å². The maximum absolute atomic E-state index is 11.9. The number of aromatic nitrogens is 2. The quantitative estimate of drug-likeness (QED) is 0.459. The van der Waals surface area contributed by atoms with Crippen LogP contribution in [0.4, 0.5) is 0 Å². The van der Waals surface area contributed by atoms with Crippen molar-refractivity contribution in [2.24, 2.45) is 0 Å². The van der Waals surface area contributed by atoms with Crippen molar-refractivity contribution < 1.29 is 14.3 Å². The van der Waals surface area contributed by atoms with Crippen molar-refractivity contribution in [1.29, 1.82) is 0 Å². The highest BCUT2D eigenvalue weighted by Crippen LogP contribution is 2.10. The molecule has 0 aliphatic heterocycles. The van der Waals surface area contributed by atoms with Crippen molar-refractivity contribution in [3.05, 3.63) is 90.4 Å². The SMILES string of the molecule is O=C(/C=C/c1ccncc1)NCc1ccc(OCCOc2ccccc2)nc1. The fourth-order valence-corrected chi connectivity index (χ4v) is 2.32. The molecule has 0 unspecified atom stereocenters. The molecule has 0 aliphatic rings. The third kappa shape index (κ3) is 6.57. The first-order valence-electron chi connectivity index (χ1n) is 8.91. The first-order chi connectivity index (χ1) is 13.8. The number of ether oxygens (including phenoxy) is 2. The van der Waals surface area contributed by atoms with Gasteiger partial charge in [0.25, 0.3) is 0 Å². The maximum atomic E-state index is 11.9. The molecule has 0 aliphatic carbocycles. The zero-order valence-corrected chi connectivity index (χ0v) is 15.3. The topological polar surface area (TPSA) is 73.3 Å². The minimum Gasteiger partial charge on any atom is -0.490 e. The number of hydrogen-bond acceptors (Lipinski definition) is 5. The van der Waals surface area contributed by atoms with Crippen molar-refractivity contribution in [3.8, 4) is 11.6 Å². The molecular formula is C22H21N3O3. The van der Waals surface area contributed by atoms with Crippen molar-refractivity contribution in [1.82, 2.24) is 15.3 Å². The smallest absolute Gasteiger partial charge is 0.244 e. The Morgan fingerprint density at radius 3 is 2.50 bits per heavy atom. The van der Waals surface area contributed by atoms with E-state index in [-0.39, 0.29) is 5.91 Å². The Labute approximate surface area is 163 Å². The lowest BCUT2D eigenvalue weighted by molar-refractivity contribution is -0.116. The molecule has 28 heavy (non-hydrogen) atoms. The van der Waals surface area contributed by atoms with Crippen LogP contribution in [0.15, 0.2) is 79.3 Å². The molecular weight excluding hydrogens is 354 g/mol. The second-order valence-corrected chi connectivity index (χ2v) is 5.85. The van der Waals surface area contributed by atoms with E-state index in [1.807, 2.05) is 48.5 Å². The van der Waals surface area contributed by atoms with E-state index < -0.39 is 0 Å². The second-order valence-electron chi connectivity index (χ2n) is 5.85. The Balaban J connectivity index is 1.37. The fourth-order valence-electron chi connectivity index (χ4n) is 2.32. The number of nitrogens with zero attached hydrogens (tertiary/aromatic N) is 2. The predicted octanol–water partition coefficient (Wildman–Crippen LogP) is 3.26. The van der Waals surface area contributed by atoms with Gasteiger partial charge in [-0.1, -0.05) is 24.3 Å². The molecule has 0 bridgehead atoms. The van der Waals surface area contributed by atoms with Gasteiger partial charge in [0, 0.05) is 37.3 Å². The third-order valence-corrected chi connectivity index (χ3v) is 3.74. The molecule has 1 N–H and O–H groups in total. The highest BCUT2D eigenvalue weighted by molar-refractivity contribution is 5.91. The molecule has 0 radical (unpaired) electrons. The van der Waals surface area contributed by atoms with Crippen LogP contribution in [-0.4, -0.2) is 29.1 Å². The van der Waals surface area contributed by atoms with Crippen LogP contribution in [0.2, 0.25) is 0 Å². The molecule has 2 heterocycles. The van der Waals surface area contributed by atoms with Crippen molar-refractivity contribution in [2.45, 2.75) is 6.54 Å². The summed E-state index contributed by atoms with van der Waals surface area (Å²) in [5.74, 6) is 1.16. The van der Waals surface area contributed by atoms with Crippen LogP contribution in [0, 0.1) is 0 Å². The van der Waals surface area contributed by atoms with Crippen molar-refractivity contribution in [3.63, 3.8) is 0 Å². The molecule has 6 heteroatoms. The first-order valence-corrected chi connectivity index (χ1v) is 8.91. The van der Waals surface area contributed by atoms with Crippen LogP contribution in [0.5, 0.6) is 11.6 Å². The number of carbonyl (C=O) groups excluding carboxylic acids is 1. The zero-order chi connectivity index (χ0) is 19.4. The van der Waals surface area contributed by atoms with Gasteiger partial charge in [-0.05, 0) is 41.5 Å². The number of pyridine rings is 2. The summed E-state index contributed by atoms with van der Waals surface area (Å²) in [5, 5.41) is 2.82. The number of rotatable bonds is 9. The van der Waals surface area contributed by atoms with Gasteiger partial charge in [-0.2, -0.15) is 0 Å². The Hall–Kier alpha value is -3.67. The minimum atomic E-state index is -0.171. The van der Waals surface area contributed by atoms with E-state index in [9.17, 15) is 4.79 Å². The van der Waals surface area contributed by atoms with Gasteiger partial charge < -0.3 is 14.8 Å². The molecule has 0 fully saturated rings. The lowest BCUT2D eigenvalue weighted by atomic mass is 10.2. The average Bonchev–Trinajstić information content (AvgIpc) is 2.76. The molecule has 0 saturated carbocycles. The van der Waals surface area contributed by atoms with Gasteiger partial charge in [0.15, 0.2) is 0 Å². The summed E-state index contributed by atoms with van der Waals surface area (Å²) < 4.78 is 11.1. The molecule has 0 atom stereocenters. The number of amides is 1. The molecule has 142 valence electrons. The van der Waals surface area contributed by atoms with Gasteiger partial charge in [-0.15, -0.1) is 0 Å². The lowest BCUT2D eigenvalue weighted by Crippen LogP contribution is -2.20. The second kappa shape index (κ2) is 10.5. The predicted molar refractivity (Wildman–Crippen MR) is 107 cm³/mol. The van der Waals surface area contributed by atoms with E-state index in [1.54, 1.807) is 30.7 Å². The van der Waals surface area contributed by atoms with Gasteiger partial charge in [0.2, 0.25) is 11.8 Å². The Morgan fingerprint density at radius 2 is 1.75 bits per heavy atom. The average molecular weight is 375 g/mol. The molecule has 1 amide bonds. The van der Waals surface area contributed by atoms with E-state index in [2.05, 4.69) is 15.3 Å². The summed E-state index contributed by atoms with van der Waals surface area (Å²) in [6.07, 6.45) is 8.28. The highest BCUT2D eigenvalue weighted by Gasteiger charge is 2.00. The van der Waals surface area contributed by atoms with E-state index >= 15 is 0 Å². The fraction of sp³-hybridized carbons (Fsp3) is 0.136. The molecule has 3 rings (SSSR count). The van der Waals surface area contributed by atoms with E-state index in [1.165, 1.54) is 6.08 Å². The van der Waals surface area contributed by atoms with Crippen LogP contribution >= 0.6 is 0 Å². The van der Waals surface area contributed by atoms with Crippen LogP contribution in [0.3, 0.4) is 0 Å². The first kappa shape index (κ1) is 19.1. The number of hydrogen-bond donors (Lipinski definition) is 1. The standard InChI is InChI=1S/C22H21N3O3/c26-21(8-6-18-10-12-23-13-11-18)24-16-19-7-9-22(25-17-19)28-15-14-27-20-4-2-1-3-5-20/h1-13,17H,14-16H2,(H,24,26)/b8-6+. The largest absolute Gasteiger partial charge is 0.490 e. The highest BCUT2D eigenvalue weighted by atomic mass is 16.5. The van der Waals surface area contributed by atoms with Crippen LogP contribution in [-0.2, 0) is 11.3 Å². The number of para-hydroxylation sites is 1. The molecule has 1 aromatic carbocycles. The van der Waals surface area contributed by atoms with Crippen LogP contribution in [0.1, 0.15) is 11.1 Å². The zero-order valence-electron chi connectivity index (χ0n) is 15.3. The lowest BCUT2D eigenvalue weighted by Gasteiger charge is -2.08. The van der Waals surface area contributed by atoms with Gasteiger partial charge >= 0.3 is 0 Å². The Bertz CT molecular complexity index is 882. The van der Waals surface area contributed by atoms with E-state index in [0.717, 1.165) is 16.9 Å². The number of carbonyl (C=O) groups is 1. The Morgan fingerprint density at radius 1 is 0.964 bits per heavy atom. The number of benzene rings is 1. The Kier molecular flexibility index (Phi) is 7.14. The van der Waals surface area contributed by atoms with Crippen molar-refractivity contribution >= 4 is 12.0 Å². The van der Waals surface area contributed by atoms with E-state index in [4.69, 9.17) is 9.47 Å². The van der Waals surface area contributed by atoms with E-state index in [0.29, 0.717) is 25.6 Å². The summed E-state index contributed by atoms with van der Waals surface area (Å²) in [7, 11) is 0. The molecule has 0 saturated heterocycles. The summed E-state index contributed by atoms with van der Waals surface area (Å²) >= 11 is 0. The normalized spacial score (nSPS) is 10.6. The van der Waals surface area contributed by atoms with Gasteiger partial charge in [0.1, 0.15) is 19.0 Å². The van der Waals surface area contributed by atoms with Gasteiger partial charge in [-0.3, -0.25) is 9.78 Å². The maximum Gasteiger partial charge on any atom is 0.244 e. The molecule has 6 nitrogen and oxygen atoms in total. The van der Waals surface area contributed by atoms with Gasteiger partial charge in [0.05, 0.1) is 0 Å². The van der Waals surface area contributed by atoms with Crippen LogP contribution in [0.25, 0.3) is 6.08 Å². The van der Waals surface area contributed by atoms with Gasteiger partial charge in [-0.25, -0.2) is 4.98 Å².